The first-order valence-corrected chi connectivity index (χ1v) is 7.45. The molecule has 0 aromatic heterocycles. The van der Waals surface area contributed by atoms with Gasteiger partial charge in [-0.2, -0.15) is 0 Å². The van der Waals surface area contributed by atoms with Gasteiger partial charge in [-0.15, -0.1) is 0 Å². The summed E-state index contributed by atoms with van der Waals surface area (Å²) in [7, 11) is 0. The molecule has 0 spiro atoms. The van der Waals surface area contributed by atoms with Crippen LogP contribution in [0.1, 0.15) is 5.56 Å². The summed E-state index contributed by atoms with van der Waals surface area (Å²) in [5.41, 5.74) is 0.991. The lowest BCUT2D eigenvalue weighted by Crippen LogP contribution is -2.43. The summed E-state index contributed by atoms with van der Waals surface area (Å²) < 4.78 is 18.8. The quantitative estimate of drug-likeness (QED) is 0.881. The molecule has 0 bridgehead atoms. The van der Waals surface area contributed by atoms with Gasteiger partial charge in [0.15, 0.2) is 0 Å². The minimum absolute atomic E-state index is 0.0214. The second kappa shape index (κ2) is 7.71. The fourth-order valence-corrected chi connectivity index (χ4v) is 2.49. The molecular formula is C14H18BrFN2O2. The van der Waals surface area contributed by atoms with E-state index >= 15 is 0 Å². The van der Waals surface area contributed by atoms with Crippen molar-refractivity contribution in [3.8, 4) is 0 Å². The number of benzene rings is 1. The van der Waals surface area contributed by atoms with E-state index in [0.29, 0.717) is 37.2 Å². The van der Waals surface area contributed by atoms with Crippen molar-refractivity contribution < 1.29 is 13.9 Å². The smallest absolute Gasteiger partial charge is 0.234 e. The summed E-state index contributed by atoms with van der Waals surface area (Å²) >= 11 is 3.15. The summed E-state index contributed by atoms with van der Waals surface area (Å²) in [5, 5.41) is 2.88. The highest BCUT2D eigenvalue weighted by molar-refractivity contribution is 9.10. The molecule has 1 heterocycles. The van der Waals surface area contributed by atoms with Crippen molar-refractivity contribution in [2.24, 2.45) is 0 Å². The third-order valence-electron chi connectivity index (χ3n) is 3.19. The van der Waals surface area contributed by atoms with E-state index in [1.807, 2.05) is 0 Å². The largest absolute Gasteiger partial charge is 0.379 e. The Morgan fingerprint density at radius 2 is 2.15 bits per heavy atom. The first kappa shape index (κ1) is 15.4. The molecule has 1 aliphatic heterocycles. The lowest BCUT2D eigenvalue weighted by atomic mass is 10.1. The molecule has 1 N–H and O–H groups in total. The van der Waals surface area contributed by atoms with Gasteiger partial charge in [-0.05, 0) is 40.0 Å². The van der Waals surface area contributed by atoms with Gasteiger partial charge in [-0.3, -0.25) is 9.69 Å². The van der Waals surface area contributed by atoms with Crippen LogP contribution < -0.4 is 5.32 Å². The number of carbonyl (C=O) groups excluding carboxylic acids is 1. The maximum absolute atomic E-state index is 13.1. The molecule has 0 saturated carbocycles. The van der Waals surface area contributed by atoms with Crippen LogP contribution in [-0.4, -0.2) is 50.2 Å². The Morgan fingerprint density at radius 1 is 1.40 bits per heavy atom. The molecule has 1 saturated heterocycles. The van der Waals surface area contributed by atoms with E-state index in [-0.39, 0.29) is 11.7 Å². The Hall–Kier alpha value is -0.980. The van der Waals surface area contributed by atoms with Crippen molar-refractivity contribution in [3.05, 3.63) is 34.1 Å². The van der Waals surface area contributed by atoms with E-state index < -0.39 is 0 Å². The van der Waals surface area contributed by atoms with E-state index in [0.717, 1.165) is 18.7 Å². The van der Waals surface area contributed by atoms with Crippen LogP contribution in [-0.2, 0) is 16.0 Å². The van der Waals surface area contributed by atoms with Gasteiger partial charge in [0.05, 0.1) is 24.2 Å². The zero-order valence-electron chi connectivity index (χ0n) is 11.2. The van der Waals surface area contributed by atoms with Crippen LogP contribution in [0.2, 0.25) is 0 Å². The highest BCUT2D eigenvalue weighted by Gasteiger charge is 2.13. The van der Waals surface area contributed by atoms with Crippen LogP contribution in [0.3, 0.4) is 0 Å². The fraction of sp³-hybridized carbons (Fsp3) is 0.500. The molecule has 4 nitrogen and oxygen atoms in total. The minimum Gasteiger partial charge on any atom is -0.379 e. The Kier molecular flexibility index (Phi) is 5.94. The monoisotopic (exact) mass is 344 g/mol. The van der Waals surface area contributed by atoms with Crippen LogP contribution >= 0.6 is 15.9 Å². The maximum atomic E-state index is 13.1. The number of amides is 1. The number of hydrogen-bond acceptors (Lipinski definition) is 3. The number of nitrogens with one attached hydrogen (secondary N) is 1. The lowest BCUT2D eigenvalue weighted by molar-refractivity contribution is -0.123. The molecular weight excluding hydrogens is 327 g/mol. The molecule has 1 fully saturated rings. The van der Waals surface area contributed by atoms with Crippen molar-refractivity contribution in [2.45, 2.75) is 6.42 Å². The molecule has 0 atom stereocenters. The van der Waals surface area contributed by atoms with Crippen LogP contribution in [0.25, 0.3) is 0 Å². The highest BCUT2D eigenvalue weighted by atomic mass is 79.9. The number of morpholine rings is 1. The van der Waals surface area contributed by atoms with Gasteiger partial charge in [-0.25, -0.2) is 4.39 Å². The van der Waals surface area contributed by atoms with Crippen molar-refractivity contribution in [1.82, 2.24) is 10.2 Å². The molecule has 1 amide bonds. The lowest BCUT2D eigenvalue weighted by Gasteiger charge is -2.25. The third-order valence-corrected chi connectivity index (χ3v) is 3.80. The Bertz CT molecular complexity index is 464. The second-order valence-corrected chi connectivity index (χ2v) is 5.59. The maximum Gasteiger partial charge on any atom is 0.234 e. The van der Waals surface area contributed by atoms with Gasteiger partial charge >= 0.3 is 0 Å². The molecule has 6 heteroatoms. The molecule has 20 heavy (non-hydrogen) atoms. The summed E-state index contributed by atoms with van der Waals surface area (Å²) in [6.07, 6.45) is 0.688. The molecule has 2 rings (SSSR count). The van der Waals surface area contributed by atoms with Crippen LogP contribution in [0, 0.1) is 5.82 Å². The average molecular weight is 345 g/mol. The second-order valence-electron chi connectivity index (χ2n) is 4.74. The normalized spacial score (nSPS) is 16.1. The number of halogens is 2. The predicted molar refractivity (Wildman–Crippen MR) is 78.1 cm³/mol. The number of nitrogens with zero attached hydrogens (tertiary/aromatic N) is 1. The molecule has 1 aromatic rings. The molecule has 0 unspecified atom stereocenters. The van der Waals surface area contributed by atoms with Gasteiger partial charge in [0.25, 0.3) is 0 Å². The van der Waals surface area contributed by atoms with Crippen LogP contribution in [0.4, 0.5) is 4.39 Å². The molecule has 0 radical (unpaired) electrons. The standard InChI is InChI=1S/C14H18BrFN2O2/c15-12-9-11(1-2-13(12)16)3-4-17-14(19)10-18-5-7-20-8-6-18/h1-2,9H,3-8,10H2,(H,17,19). The first-order chi connectivity index (χ1) is 9.65. The average Bonchev–Trinajstić information content (AvgIpc) is 2.44. The van der Waals surface area contributed by atoms with Crippen LogP contribution in [0.15, 0.2) is 22.7 Å². The predicted octanol–water partition coefficient (Wildman–Crippen LogP) is 1.58. The van der Waals surface area contributed by atoms with Gasteiger partial charge in [0, 0.05) is 19.6 Å². The van der Waals surface area contributed by atoms with Gasteiger partial charge in [0.2, 0.25) is 5.91 Å². The number of ether oxygens (including phenoxy) is 1. The van der Waals surface area contributed by atoms with E-state index in [1.54, 1.807) is 12.1 Å². The van der Waals surface area contributed by atoms with E-state index in [4.69, 9.17) is 4.74 Å². The number of carbonyl (C=O) groups is 1. The van der Waals surface area contributed by atoms with Gasteiger partial charge in [-0.1, -0.05) is 6.07 Å². The summed E-state index contributed by atoms with van der Waals surface area (Å²) in [5.74, 6) is -0.252. The summed E-state index contributed by atoms with van der Waals surface area (Å²) in [6.45, 7) is 3.96. The number of hydrogen-bond donors (Lipinski definition) is 1. The van der Waals surface area contributed by atoms with Crippen LogP contribution in [0.5, 0.6) is 0 Å². The first-order valence-electron chi connectivity index (χ1n) is 6.66. The van der Waals surface area contributed by atoms with E-state index in [9.17, 15) is 9.18 Å². The zero-order valence-corrected chi connectivity index (χ0v) is 12.8. The number of rotatable bonds is 5. The van der Waals surface area contributed by atoms with Gasteiger partial charge in [0.1, 0.15) is 5.82 Å². The van der Waals surface area contributed by atoms with E-state index in [2.05, 4.69) is 26.1 Å². The van der Waals surface area contributed by atoms with E-state index in [1.165, 1.54) is 6.07 Å². The fourth-order valence-electron chi connectivity index (χ4n) is 2.06. The zero-order chi connectivity index (χ0) is 14.4. The van der Waals surface area contributed by atoms with Crippen molar-refractivity contribution >= 4 is 21.8 Å². The topological polar surface area (TPSA) is 41.6 Å². The van der Waals surface area contributed by atoms with Crippen molar-refractivity contribution in [3.63, 3.8) is 0 Å². The highest BCUT2D eigenvalue weighted by Crippen LogP contribution is 2.16. The van der Waals surface area contributed by atoms with Gasteiger partial charge < -0.3 is 10.1 Å². The molecule has 0 aliphatic carbocycles. The minimum atomic E-state index is -0.273. The summed E-state index contributed by atoms with van der Waals surface area (Å²) in [4.78, 5) is 13.8. The Labute approximate surface area is 126 Å². The molecule has 110 valence electrons. The Morgan fingerprint density at radius 3 is 2.85 bits per heavy atom. The Balaban J connectivity index is 1.69. The van der Waals surface area contributed by atoms with Crippen molar-refractivity contribution in [2.75, 3.05) is 39.4 Å². The molecule has 1 aliphatic rings. The third kappa shape index (κ3) is 4.85. The molecule has 1 aromatic carbocycles. The summed E-state index contributed by atoms with van der Waals surface area (Å²) in [6, 6.07) is 4.90. The van der Waals surface area contributed by atoms with Crippen molar-refractivity contribution in [1.29, 1.82) is 0 Å². The SMILES string of the molecule is O=C(CN1CCOCC1)NCCc1ccc(F)c(Br)c1.